The summed E-state index contributed by atoms with van der Waals surface area (Å²) >= 11 is 0. The standard InChI is InChI=1S/C12H14F2N2O3/c13-10-5-9(16(17)18)6-11(14)12(10)19-4-2-8-1-3-15-7-8/h5-6,8,15H,1-4,7H2. The lowest BCUT2D eigenvalue weighted by molar-refractivity contribution is -0.385. The summed E-state index contributed by atoms with van der Waals surface area (Å²) in [6, 6.07) is 1.32. The summed E-state index contributed by atoms with van der Waals surface area (Å²) in [5.41, 5.74) is -0.623. The average molecular weight is 272 g/mol. The van der Waals surface area contributed by atoms with Gasteiger partial charge in [-0.1, -0.05) is 0 Å². The Hall–Kier alpha value is -1.76. The SMILES string of the molecule is O=[N+]([O-])c1cc(F)c(OCCC2CCNC2)c(F)c1. The number of hydrogen-bond donors (Lipinski definition) is 1. The summed E-state index contributed by atoms with van der Waals surface area (Å²) in [5, 5.41) is 13.6. The number of rotatable bonds is 5. The average Bonchev–Trinajstić information content (AvgIpc) is 2.85. The summed E-state index contributed by atoms with van der Waals surface area (Å²) in [7, 11) is 0. The Balaban J connectivity index is 1.97. The third kappa shape index (κ3) is 3.37. The fourth-order valence-corrected chi connectivity index (χ4v) is 2.08. The number of hydrogen-bond acceptors (Lipinski definition) is 4. The monoisotopic (exact) mass is 272 g/mol. The molecular formula is C12H14F2N2O3. The first-order chi connectivity index (χ1) is 9.08. The van der Waals surface area contributed by atoms with Crippen LogP contribution in [0.2, 0.25) is 0 Å². The van der Waals surface area contributed by atoms with Crippen molar-refractivity contribution in [3.63, 3.8) is 0 Å². The van der Waals surface area contributed by atoms with E-state index in [1.807, 2.05) is 0 Å². The van der Waals surface area contributed by atoms with E-state index in [-0.39, 0.29) is 6.61 Å². The highest BCUT2D eigenvalue weighted by molar-refractivity contribution is 5.39. The Kier molecular flexibility index (Phi) is 4.26. The number of benzene rings is 1. The van der Waals surface area contributed by atoms with Crippen molar-refractivity contribution in [2.24, 2.45) is 5.92 Å². The highest BCUT2D eigenvalue weighted by atomic mass is 19.1. The Morgan fingerprint density at radius 2 is 2.11 bits per heavy atom. The van der Waals surface area contributed by atoms with Gasteiger partial charge in [0.05, 0.1) is 23.7 Å². The summed E-state index contributed by atoms with van der Waals surface area (Å²) in [6.45, 7) is 2.03. The van der Waals surface area contributed by atoms with Crippen molar-refractivity contribution in [3.05, 3.63) is 33.9 Å². The Labute approximate surface area is 108 Å². The molecule has 5 nitrogen and oxygen atoms in total. The second kappa shape index (κ2) is 5.92. The molecule has 1 heterocycles. The molecule has 1 unspecified atom stereocenters. The smallest absolute Gasteiger partial charge is 0.275 e. The van der Waals surface area contributed by atoms with E-state index in [9.17, 15) is 18.9 Å². The van der Waals surface area contributed by atoms with Crippen LogP contribution < -0.4 is 10.1 Å². The second-order valence-electron chi connectivity index (χ2n) is 4.49. The lowest BCUT2D eigenvalue weighted by Gasteiger charge is -2.11. The van der Waals surface area contributed by atoms with Gasteiger partial charge in [0, 0.05) is 0 Å². The van der Waals surface area contributed by atoms with Crippen molar-refractivity contribution in [1.82, 2.24) is 5.32 Å². The van der Waals surface area contributed by atoms with Crippen LogP contribution in [-0.4, -0.2) is 24.6 Å². The van der Waals surface area contributed by atoms with Crippen molar-refractivity contribution in [1.29, 1.82) is 0 Å². The maximum absolute atomic E-state index is 13.5. The zero-order valence-corrected chi connectivity index (χ0v) is 10.2. The molecule has 1 N–H and O–H groups in total. The normalized spacial score (nSPS) is 18.5. The Bertz CT molecular complexity index is 453. The van der Waals surface area contributed by atoms with Crippen molar-refractivity contribution >= 4 is 5.69 Å². The lowest BCUT2D eigenvalue weighted by Crippen LogP contribution is -2.12. The Morgan fingerprint density at radius 3 is 2.63 bits per heavy atom. The molecule has 0 aliphatic carbocycles. The number of ether oxygens (including phenoxy) is 1. The molecule has 1 atom stereocenters. The molecule has 0 bridgehead atoms. The van der Waals surface area contributed by atoms with Crippen molar-refractivity contribution in [2.45, 2.75) is 12.8 Å². The minimum atomic E-state index is -1.05. The molecular weight excluding hydrogens is 258 g/mol. The highest BCUT2D eigenvalue weighted by Gasteiger charge is 2.19. The number of halogens is 2. The van der Waals surface area contributed by atoms with E-state index in [0.717, 1.165) is 19.5 Å². The van der Waals surface area contributed by atoms with Gasteiger partial charge in [0.1, 0.15) is 0 Å². The second-order valence-corrected chi connectivity index (χ2v) is 4.49. The van der Waals surface area contributed by atoms with Crippen LogP contribution in [0, 0.1) is 27.7 Å². The molecule has 7 heteroatoms. The first kappa shape index (κ1) is 13.7. The first-order valence-electron chi connectivity index (χ1n) is 6.05. The van der Waals surface area contributed by atoms with Gasteiger partial charge in [-0.05, 0) is 31.8 Å². The van der Waals surface area contributed by atoms with Crippen LogP contribution >= 0.6 is 0 Å². The minimum Gasteiger partial charge on any atom is -0.488 e. The summed E-state index contributed by atoms with van der Waals surface area (Å²) in [4.78, 5) is 9.58. The topological polar surface area (TPSA) is 64.4 Å². The zero-order valence-electron chi connectivity index (χ0n) is 10.2. The van der Waals surface area contributed by atoms with Crippen LogP contribution in [0.25, 0.3) is 0 Å². The van der Waals surface area contributed by atoms with E-state index in [0.29, 0.717) is 24.5 Å². The Morgan fingerprint density at radius 1 is 1.42 bits per heavy atom. The molecule has 1 aromatic rings. The van der Waals surface area contributed by atoms with Gasteiger partial charge in [-0.2, -0.15) is 0 Å². The predicted molar refractivity (Wildman–Crippen MR) is 64.1 cm³/mol. The molecule has 1 aromatic carbocycles. The van der Waals surface area contributed by atoms with Crippen LogP contribution in [-0.2, 0) is 0 Å². The fourth-order valence-electron chi connectivity index (χ4n) is 2.08. The van der Waals surface area contributed by atoms with E-state index in [4.69, 9.17) is 4.74 Å². The fraction of sp³-hybridized carbons (Fsp3) is 0.500. The van der Waals surface area contributed by atoms with Crippen LogP contribution in [0.15, 0.2) is 12.1 Å². The van der Waals surface area contributed by atoms with Gasteiger partial charge in [0.15, 0.2) is 17.4 Å². The van der Waals surface area contributed by atoms with Gasteiger partial charge in [-0.25, -0.2) is 8.78 Å². The van der Waals surface area contributed by atoms with Gasteiger partial charge < -0.3 is 10.1 Å². The lowest BCUT2D eigenvalue weighted by atomic mass is 10.1. The molecule has 0 saturated carbocycles. The molecule has 1 saturated heterocycles. The maximum Gasteiger partial charge on any atom is 0.275 e. The highest BCUT2D eigenvalue weighted by Crippen LogP contribution is 2.27. The van der Waals surface area contributed by atoms with Crippen LogP contribution in [0.5, 0.6) is 5.75 Å². The zero-order chi connectivity index (χ0) is 13.8. The van der Waals surface area contributed by atoms with Crippen molar-refractivity contribution in [2.75, 3.05) is 19.7 Å². The third-order valence-electron chi connectivity index (χ3n) is 3.13. The summed E-state index contributed by atoms with van der Waals surface area (Å²) in [5.74, 6) is -2.19. The third-order valence-corrected chi connectivity index (χ3v) is 3.13. The molecule has 0 aromatic heterocycles. The number of nitrogens with zero attached hydrogens (tertiary/aromatic N) is 1. The maximum atomic E-state index is 13.5. The summed E-state index contributed by atoms with van der Waals surface area (Å²) in [6.07, 6.45) is 1.72. The first-order valence-corrected chi connectivity index (χ1v) is 6.05. The van der Waals surface area contributed by atoms with Crippen LogP contribution in [0.4, 0.5) is 14.5 Å². The number of non-ortho nitro benzene ring substituents is 1. The van der Waals surface area contributed by atoms with Gasteiger partial charge in [-0.3, -0.25) is 10.1 Å². The van der Waals surface area contributed by atoms with E-state index >= 15 is 0 Å². The van der Waals surface area contributed by atoms with Gasteiger partial charge in [0.25, 0.3) is 5.69 Å². The molecule has 1 fully saturated rings. The molecule has 2 rings (SSSR count). The van der Waals surface area contributed by atoms with E-state index in [1.54, 1.807) is 0 Å². The molecule has 1 aliphatic heterocycles. The van der Waals surface area contributed by atoms with Crippen molar-refractivity contribution in [3.8, 4) is 5.75 Å². The molecule has 19 heavy (non-hydrogen) atoms. The van der Waals surface area contributed by atoms with E-state index < -0.39 is 28.0 Å². The van der Waals surface area contributed by atoms with Crippen molar-refractivity contribution < 1.29 is 18.4 Å². The molecule has 0 amide bonds. The van der Waals surface area contributed by atoms with E-state index in [2.05, 4.69) is 5.32 Å². The molecule has 0 spiro atoms. The van der Waals surface area contributed by atoms with Gasteiger partial charge in [-0.15, -0.1) is 0 Å². The number of nitro groups is 1. The van der Waals surface area contributed by atoms with Gasteiger partial charge >= 0.3 is 0 Å². The molecule has 1 aliphatic rings. The molecule has 0 radical (unpaired) electrons. The largest absolute Gasteiger partial charge is 0.488 e. The predicted octanol–water partition coefficient (Wildman–Crippen LogP) is 2.25. The van der Waals surface area contributed by atoms with Crippen LogP contribution in [0.1, 0.15) is 12.8 Å². The van der Waals surface area contributed by atoms with Gasteiger partial charge in [0.2, 0.25) is 0 Å². The number of nitrogens with one attached hydrogen (secondary N) is 1. The van der Waals surface area contributed by atoms with E-state index in [1.165, 1.54) is 0 Å². The quantitative estimate of drug-likeness (QED) is 0.659. The summed E-state index contributed by atoms with van der Waals surface area (Å²) < 4.78 is 32.0. The number of nitro benzene ring substituents is 1. The molecule has 104 valence electrons. The van der Waals surface area contributed by atoms with Crippen LogP contribution in [0.3, 0.4) is 0 Å². The minimum absolute atomic E-state index is 0.192.